The minimum absolute atomic E-state index is 0.00821. The van der Waals surface area contributed by atoms with Gasteiger partial charge in [-0.15, -0.1) is 0 Å². The highest BCUT2D eigenvalue weighted by molar-refractivity contribution is 5.87. The summed E-state index contributed by atoms with van der Waals surface area (Å²) >= 11 is 0. The molecule has 3 unspecified atom stereocenters. The summed E-state index contributed by atoms with van der Waals surface area (Å²) in [4.78, 5) is 32.3. The molecule has 18 heteroatoms. The highest BCUT2D eigenvalue weighted by atomic mass is 16.7. The van der Waals surface area contributed by atoms with Crippen LogP contribution in [0.1, 0.15) is 20.8 Å². The van der Waals surface area contributed by atoms with E-state index < -0.39 is 42.3 Å². The molecule has 0 saturated carbocycles. The molecule has 6 aliphatic rings. The smallest absolute Gasteiger partial charge is 0.333 e. The Morgan fingerprint density at radius 3 is 1.09 bits per heavy atom. The molecular formula is C36H54O18. The number of hydrogen-bond donors (Lipinski definition) is 3. The number of aliphatic hydroxyl groups excluding tert-OH is 2. The van der Waals surface area contributed by atoms with E-state index >= 15 is 0 Å². The van der Waals surface area contributed by atoms with Crippen molar-refractivity contribution in [2.75, 3.05) is 79.3 Å². The summed E-state index contributed by atoms with van der Waals surface area (Å²) in [6.07, 6.45) is -2.92. The monoisotopic (exact) mass is 774 g/mol. The van der Waals surface area contributed by atoms with Crippen LogP contribution >= 0.6 is 0 Å². The molecular weight excluding hydrogens is 720 g/mol. The van der Waals surface area contributed by atoms with Crippen molar-refractivity contribution in [2.45, 2.75) is 94.0 Å². The van der Waals surface area contributed by atoms with Crippen LogP contribution in [0.4, 0.5) is 0 Å². The lowest BCUT2D eigenvalue weighted by Gasteiger charge is -2.19. The van der Waals surface area contributed by atoms with E-state index in [0.717, 1.165) is 13.2 Å². The van der Waals surface area contributed by atoms with Gasteiger partial charge in [-0.25, -0.2) is 14.4 Å². The zero-order valence-electron chi connectivity index (χ0n) is 31.0. The maximum Gasteiger partial charge on any atom is 0.333 e. The van der Waals surface area contributed by atoms with Crippen LogP contribution in [0.5, 0.6) is 0 Å². The Bertz CT molecular complexity index is 1190. The van der Waals surface area contributed by atoms with E-state index in [-0.39, 0.29) is 105 Å². The molecule has 306 valence electrons. The van der Waals surface area contributed by atoms with Crippen LogP contribution in [-0.2, 0) is 71.2 Å². The lowest BCUT2D eigenvalue weighted by Crippen LogP contribution is -2.37. The van der Waals surface area contributed by atoms with E-state index in [1.165, 1.54) is 20.8 Å². The van der Waals surface area contributed by atoms with Gasteiger partial charge < -0.3 is 72.2 Å². The minimum atomic E-state index is -0.988. The van der Waals surface area contributed by atoms with Gasteiger partial charge in [-0.3, -0.25) is 0 Å². The predicted molar refractivity (Wildman–Crippen MR) is 183 cm³/mol. The normalized spacial score (nSPS) is 32.4. The van der Waals surface area contributed by atoms with Crippen LogP contribution in [0, 0.1) is 0 Å². The first-order chi connectivity index (χ1) is 25.7. The SMILES string of the molecule is C1OC1CO[C@H]1CO[C@H]2[C@@H]1OC[C@H]2OCC1CO1.C=C(C)C(=O)O.C=C(C)C(=O)OCC(O)CO[C@@H]1CO[C@H]2[C@@H]1OC[C@@H]2OC[C@@H](O)COC(=O)C(=C)C. The number of rotatable bonds is 19. The van der Waals surface area contributed by atoms with Gasteiger partial charge in [-0.1, -0.05) is 19.7 Å². The standard InChI is InChI=1S/C20H30O10.C12H18O6.C4H6O2/c1-11(2)19(23)29-7-13(21)5-25-15-9-27-18-16(10-28-17(15)18)26-6-14(22)8-30-20(24)12(3)4;1-7(13-1)3-15-9-5-17-12-10(6-18-11(9)12)16-4-8-2-14-8;1-3(2)4(5)6/h13-18,21-22H,1,3,5-10H2,2,4H3;7-12H,1-6H2;1H2,2H3,(H,5,6)/t13-,14?,15+,16-,17-,18-;7?,8?,9-,10+,11-,12-;/m11./s1. The summed E-state index contributed by atoms with van der Waals surface area (Å²) in [7, 11) is 0. The predicted octanol–water partition coefficient (Wildman–Crippen LogP) is -0.486. The van der Waals surface area contributed by atoms with Crippen LogP contribution in [0.15, 0.2) is 36.5 Å². The summed E-state index contributed by atoms with van der Waals surface area (Å²) in [6, 6.07) is 0. The average molecular weight is 775 g/mol. The van der Waals surface area contributed by atoms with Gasteiger partial charge in [0.05, 0.1) is 66.1 Å². The van der Waals surface area contributed by atoms with Gasteiger partial charge in [-0.05, 0) is 20.8 Å². The number of esters is 2. The van der Waals surface area contributed by atoms with Gasteiger partial charge in [0.1, 0.15) is 86.5 Å². The maximum atomic E-state index is 11.3. The van der Waals surface area contributed by atoms with Gasteiger partial charge in [0.15, 0.2) is 0 Å². The van der Waals surface area contributed by atoms with E-state index in [0.29, 0.717) is 26.4 Å². The molecule has 0 bridgehead atoms. The van der Waals surface area contributed by atoms with E-state index in [9.17, 15) is 24.6 Å². The molecule has 0 aromatic rings. The number of ether oxygens (including phenoxy) is 12. The molecule has 0 aromatic carbocycles. The van der Waals surface area contributed by atoms with Gasteiger partial charge in [0, 0.05) is 16.7 Å². The molecule has 0 radical (unpaired) electrons. The number of aliphatic hydroxyl groups is 2. The number of aliphatic carboxylic acids is 1. The highest BCUT2D eigenvalue weighted by Crippen LogP contribution is 2.32. The fraction of sp³-hybridized carbons (Fsp3) is 0.750. The fourth-order valence-electron chi connectivity index (χ4n) is 5.38. The van der Waals surface area contributed by atoms with Crippen LogP contribution < -0.4 is 0 Å². The van der Waals surface area contributed by atoms with E-state index in [1.807, 2.05) is 0 Å². The van der Waals surface area contributed by atoms with Gasteiger partial charge in [0.2, 0.25) is 0 Å². The molecule has 54 heavy (non-hydrogen) atoms. The van der Waals surface area contributed by atoms with E-state index in [4.69, 9.17) is 61.9 Å². The fourth-order valence-corrected chi connectivity index (χ4v) is 5.38. The molecule has 0 spiro atoms. The van der Waals surface area contributed by atoms with Crippen molar-refractivity contribution in [1.82, 2.24) is 0 Å². The average Bonchev–Trinajstić information content (AvgIpc) is 3.97. The summed E-state index contributed by atoms with van der Waals surface area (Å²) in [5.41, 5.74) is 0.675. The zero-order valence-corrected chi connectivity index (χ0v) is 31.0. The minimum Gasteiger partial charge on any atom is -0.478 e. The number of epoxide rings is 2. The number of fused-ring (bicyclic) bond motifs is 2. The first kappa shape index (κ1) is 43.9. The molecule has 0 amide bonds. The van der Waals surface area contributed by atoms with E-state index in [2.05, 4.69) is 19.7 Å². The van der Waals surface area contributed by atoms with Gasteiger partial charge in [-0.2, -0.15) is 0 Å². The van der Waals surface area contributed by atoms with Crippen LogP contribution in [0.2, 0.25) is 0 Å². The largest absolute Gasteiger partial charge is 0.478 e. The number of carbonyl (C=O) groups excluding carboxylic acids is 2. The summed E-state index contributed by atoms with van der Waals surface area (Å²) in [6.45, 7) is 18.7. The van der Waals surface area contributed by atoms with E-state index in [1.54, 1.807) is 0 Å². The second-order valence-electron chi connectivity index (χ2n) is 13.7. The molecule has 6 aliphatic heterocycles. The third kappa shape index (κ3) is 14.3. The van der Waals surface area contributed by atoms with Gasteiger partial charge >= 0.3 is 17.9 Å². The molecule has 12 atom stereocenters. The number of hydrogen-bond acceptors (Lipinski definition) is 17. The van der Waals surface area contributed by atoms with Crippen molar-refractivity contribution in [3.63, 3.8) is 0 Å². The second kappa shape index (κ2) is 21.5. The third-order valence-corrected chi connectivity index (χ3v) is 8.60. The lowest BCUT2D eigenvalue weighted by molar-refractivity contribution is -0.144. The zero-order chi connectivity index (χ0) is 39.4. The molecule has 0 aromatic heterocycles. The summed E-state index contributed by atoms with van der Waals surface area (Å²) in [5.74, 6) is -2.09. The summed E-state index contributed by atoms with van der Waals surface area (Å²) < 4.78 is 65.7. The Labute approximate surface area is 314 Å². The quantitative estimate of drug-likeness (QED) is 0.0855. The number of carboxylic acids is 1. The van der Waals surface area contributed by atoms with Crippen molar-refractivity contribution in [2.24, 2.45) is 0 Å². The van der Waals surface area contributed by atoms with Crippen LogP contribution in [-0.4, -0.2) is 186 Å². The molecule has 6 saturated heterocycles. The van der Waals surface area contributed by atoms with Crippen LogP contribution in [0.3, 0.4) is 0 Å². The van der Waals surface area contributed by atoms with Crippen LogP contribution in [0.25, 0.3) is 0 Å². The number of carboxylic acid groups (broad SMARTS) is 1. The second-order valence-corrected chi connectivity index (χ2v) is 13.7. The Hall–Kier alpha value is -2.85. The Morgan fingerprint density at radius 1 is 0.537 bits per heavy atom. The molecule has 6 heterocycles. The topological polar surface area (TPSA) is 229 Å². The molecule has 3 N–H and O–H groups in total. The van der Waals surface area contributed by atoms with Crippen molar-refractivity contribution < 1.29 is 86.5 Å². The Balaban J connectivity index is 0.000000226. The summed E-state index contributed by atoms with van der Waals surface area (Å²) in [5, 5.41) is 27.7. The lowest BCUT2D eigenvalue weighted by atomic mass is 10.1. The molecule has 0 aliphatic carbocycles. The van der Waals surface area contributed by atoms with Crippen molar-refractivity contribution >= 4 is 17.9 Å². The Morgan fingerprint density at radius 2 is 0.833 bits per heavy atom. The van der Waals surface area contributed by atoms with Gasteiger partial charge in [0.25, 0.3) is 0 Å². The maximum absolute atomic E-state index is 11.3. The third-order valence-electron chi connectivity index (χ3n) is 8.60. The highest BCUT2D eigenvalue weighted by Gasteiger charge is 2.50. The first-order valence-corrected chi connectivity index (χ1v) is 17.8. The van der Waals surface area contributed by atoms with Crippen molar-refractivity contribution in [3.05, 3.63) is 36.5 Å². The first-order valence-electron chi connectivity index (χ1n) is 17.8. The van der Waals surface area contributed by atoms with Crippen molar-refractivity contribution in [1.29, 1.82) is 0 Å². The molecule has 18 nitrogen and oxygen atoms in total. The number of carbonyl (C=O) groups is 3. The molecule has 6 rings (SSSR count). The molecule has 6 fully saturated rings. The Kier molecular flexibility index (Phi) is 17.4. The van der Waals surface area contributed by atoms with Crippen molar-refractivity contribution in [3.8, 4) is 0 Å².